The molecule has 0 bridgehead atoms. The van der Waals surface area contributed by atoms with E-state index in [1.54, 1.807) is 0 Å². The minimum absolute atomic E-state index is 0.0487. The first-order valence-corrected chi connectivity index (χ1v) is 7.44. The van der Waals surface area contributed by atoms with Crippen LogP contribution in [-0.2, 0) is 9.84 Å². The van der Waals surface area contributed by atoms with Crippen molar-refractivity contribution in [2.24, 2.45) is 11.8 Å². The van der Waals surface area contributed by atoms with E-state index in [9.17, 15) is 8.42 Å². The second-order valence-corrected chi connectivity index (χ2v) is 6.98. The highest BCUT2D eigenvalue weighted by Gasteiger charge is 2.39. The third kappa shape index (κ3) is 1.96. The number of sulfone groups is 1. The Morgan fingerprint density at radius 3 is 2.57 bits per heavy atom. The Hall–Kier alpha value is -0.0900. The zero-order valence-corrected chi connectivity index (χ0v) is 9.52. The van der Waals surface area contributed by atoms with Crippen molar-refractivity contribution in [3.63, 3.8) is 0 Å². The highest BCUT2D eigenvalue weighted by atomic mass is 32.2. The van der Waals surface area contributed by atoms with E-state index >= 15 is 0 Å². The zero-order chi connectivity index (χ0) is 10.2. The van der Waals surface area contributed by atoms with Crippen molar-refractivity contribution < 1.29 is 8.42 Å². The maximum absolute atomic E-state index is 11.6. The summed E-state index contributed by atoms with van der Waals surface area (Å²) < 4.78 is 23.2. The van der Waals surface area contributed by atoms with Crippen molar-refractivity contribution in [2.75, 3.05) is 19.3 Å². The van der Waals surface area contributed by atoms with Crippen LogP contribution >= 0.6 is 0 Å². The highest BCUT2D eigenvalue weighted by molar-refractivity contribution is 7.91. The summed E-state index contributed by atoms with van der Waals surface area (Å²) in [4.78, 5) is 0. The molecule has 82 valence electrons. The Morgan fingerprint density at radius 2 is 2.00 bits per heavy atom. The number of hydrogen-bond acceptors (Lipinski definition) is 3. The monoisotopic (exact) mass is 217 g/mol. The fourth-order valence-electron chi connectivity index (χ4n) is 3.07. The van der Waals surface area contributed by atoms with E-state index < -0.39 is 9.84 Å². The lowest BCUT2D eigenvalue weighted by molar-refractivity contribution is 0.365. The Labute approximate surface area is 86.2 Å². The summed E-state index contributed by atoms with van der Waals surface area (Å²) in [5.74, 6) is 1.04. The Balaban J connectivity index is 2.10. The molecule has 0 aromatic carbocycles. The van der Waals surface area contributed by atoms with Crippen molar-refractivity contribution in [2.45, 2.75) is 30.9 Å². The van der Waals surface area contributed by atoms with Gasteiger partial charge >= 0.3 is 0 Å². The van der Waals surface area contributed by atoms with Crippen LogP contribution in [0.3, 0.4) is 0 Å². The summed E-state index contributed by atoms with van der Waals surface area (Å²) >= 11 is 0. The van der Waals surface area contributed by atoms with Gasteiger partial charge < -0.3 is 5.32 Å². The molecule has 1 heterocycles. The summed E-state index contributed by atoms with van der Waals surface area (Å²) in [6.45, 7) is 2.09. The van der Waals surface area contributed by atoms with Crippen molar-refractivity contribution in [1.29, 1.82) is 0 Å². The lowest BCUT2D eigenvalue weighted by Gasteiger charge is -2.23. The first-order chi connectivity index (χ1) is 6.59. The van der Waals surface area contributed by atoms with Crippen LogP contribution in [0.5, 0.6) is 0 Å². The second kappa shape index (κ2) is 3.81. The lowest BCUT2D eigenvalue weighted by atomic mass is 9.90. The van der Waals surface area contributed by atoms with Crippen LogP contribution in [0.4, 0.5) is 0 Å². The largest absolute Gasteiger partial charge is 0.316 e. The van der Waals surface area contributed by atoms with Gasteiger partial charge in [0, 0.05) is 6.26 Å². The molecule has 1 aliphatic heterocycles. The van der Waals surface area contributed by atoms with E-state index in [4.69, 9.17) is 0 Å². The van der Waals surface area contributed by atoms with Crippen LogP contribution in [-0.4, -0.2) is 33.0 Å². The highest BCUT2D eigenvalue weighted by Crippen LogP contribution is 2.38. The van der Waals surface area contributed by atoms with Gasteiger partial charge in [-0.15, -0.1) is 0 Å². The first kappa shape index (κ1) is 10.4. The molecule has 3 unspecified atom stereocenters. The van der Waals surface area contributed by atoms with E-state index in [0.717, 1.165) is 38.8 Å². The van der Waals surface area contributed by atoms with Gasteiger partial charge in [0.25, 0.3) is 0 Å². The molecule has 1 N–H and O–H groups in total. The van der Waals surface area contributed by atoms with Crippen molar-refractivity contribution in [3.8, 4) is 0 Å². The molecule has 0 aromatic heterocycles. The Kier molecular flexibility index (Phi) is 2.84. The molecule has 3 atom stereocenters. The summed E-state index contributed by atoms with van der Waals surface area (Å²) in [6, 6.07) is 0. The van der Waals surface area contributed by atoms with Gasteiger partial charge in [-0.3, -0.25) is 0 Å². The minimum atomic E-state index is -2.82. The van der Waals surface area contributed by atoms with Crippen LogP contribution in [0.1, 0.15) is 25.7 Å². The molecule has 1 aliphatic carbocycles. The van der Waals surface area contributed by atoms with Crippen LogP contribution in [0.2, 0.25) is 0 Å². The summed E-state index contributed by atoms with van der Waals surface area (Å²) in [5, 5.41) is 3.28. The summed E-state index contributed by atoms with van der Waals surface area (Å²) in [5.41, 5.74) is 0. The number of hydrogen-bond donors (Lipinski definition) is 1. The van der Waals surface area contributed by atoms with Gasteiger partial charge in [-0.1, -0.05) is 6.42 Å². The van der Waals surface area contributed by atoms with Crippen molar-refractivity contribution in [3.05, 3.63) is 0 Å². The Morgan fingerprint density at radius 1 is 1.21 bits per heavy atom. The average molecular weight is 217 g/mol. The van der Waals surface area contributed by atoms with E-state index in [1.807, 2.05) is 0 Å². The molecule has 1 saturated carbocycles. The van der Waals surface area contributed by atoms with Gasteiger partial charge in [-0.25, -0.2) is 8.42 Å². The lowest BCUT2D eigenvalue weighted by Crippen LogP contribution is -2.30. The Bertz CT molecular complexity index is 293. The van der Waals surface area contributed by atoms with Crippen LogP contribution in [0.25, 0.3) is 0 Å². The van der Waals surface area contributed by atoms with Crippen molar-refractivity contribution >= 4 is 9.84 Å². The molecular weight excluding hydrogens is 198 g/mol. The minimum Gasteiger partial charge on any atom is -0.316 e. The summed E-state index contributed by atoms with van der Waals surface area (Å²) in [6.07, 6.45) is 5.66. The zero-order valence-electron chi connectivity index (χ0n) is 8.70. The SMILES string of the molecule is CS(=O)(=O)C1CCCC1C1CCNC1. The second-order valence-electron chi connectivity index (χ2n) is 4.72. The van der Waals surface area contributed by atoms with Crippen LogP contribution < -0.4 is 5.32 Å². The first-order valence-electron chi connectivity index (χ1n) is 5.48. The third-order valence-corrected chi connectivity index (χ3v) is 5.44. The smallest absolute Gasteiger partial charge is 0.150 e. The summed E-state index contributed by atoms with van der Waals surface area (Å²) in [7, 11) is -2.82. The molecule has 2 fully saturated rings. The van der Waals surface area contributed by atoms with Gasteiger partial charge in [0.1, 0.15) is 0 Å². The maximum atomic E-state index is 11.6. The molecule has 2 rings (SSSR count). The van der Waals surface area contributed by atoms with Crippen LogP contribution in [0.15, 0.2) is 0 Å². The molecule has 1 saturated heterocycles. The normalized spacial score (nSPS) is 39.1. The molecule has 2 aliphatic rings. The van der Waals surface area contributed by atoms with E-state index in [0.29, 0.717) is 11.8 Å². The molecule has 0 radical (unpaired) electrons. The molecule has 3 nitrogen and oxygen atoms in total. The van der Waals surface area contributed by atoms with Crippen LogP contribution in [0, 0.1) is 11.8 Å². The molecule has 0 spiro atoms. The van der Waals surface area contributed by atoms with Gasteiger partial charge in [0.15, 0.2) is 9.84 Å². The predicted molar refractivity (Wildman–Crippen MR) is 56.9 cm³/mol. The van der Waals surface area contributed by atoms with Crippen molar-refractivity contribution in [1.82, 2.24) is 5.32 Å². The standard InChI is InChI=1S/C10H19NO2S/c1-14(12,13)10-4-2-3-9(10)8-5-6-11-7-8/h8-11H,2-7H2,1H3. The molecular formula is C10H19NO2S. The number of nitrogens with one attached hydrogen (secondary N) is 1. The molecule has 0 aromatic rings. The molecule has 4 heteroatoms. The van der Waals surface area contributed by atoms with Gasteiger partial charge in [-0.05, 0) is 44.2 Å². The molecule has 14 heavy (non-hydrogen) atoms. The van der Waals surface area contributed by atoms with E-state index in [1.165, 1.54) is 6.26 Å². The van der Waals surface area contributed by atoms with Gasteiger partial charge in [-0.2, -0.15) is 0 Å². The average Bonchev–Trinajstić information content (AvgIpc) is 2.73. The molecule has 0 amide bonds. The number of rotatable bonds is 2. The quantitative estimate of drug-likeness (QED) is 0.744. The fourth-order valence-corrected chi connectivity index (χ4v) is 4.66. The predicted octanol–water partition coefficient (Wildman–Crippen LogP) is 0.809. The van der Waals surface area contributed by atoms with E-state index in [2.05, 4.69) is 5.32 Å². The fraction of sp³-hybridized carbons (Fsp3) is 1.00. The van der Waals surface area contributed by atoms with Gasteiger partial charge in [0.2, 0.25) is 0 Å². The van der Waals surface area contributed by atoms with Gasteiger partial charge in [0.05, 0.1) is 5.25 Å². The topological polar surface area (TPSA) is 46.2 Å². The van der Waals surface area contributed by atoms with E-state index in [-0.39, 0.29) is 5.25 Å². The third-order valence-electron chi connectivity index (χ3n) is 3.76. The maximum Gasteiger partial charge on any atom is 0.150 e.